The zero-order valence-electron chi connectivity index (χ0n) is 12.0. The van der Waals surface area contributed by atoms with Crippen LogP contribution in [0.25, 0.3) is 0 Å². The molecule has 1 atom stereocenters. The molecule has 1 aromatic rings. The van der Waals surface area contributed by atoms with Gasteiger partial charge in [-0.1, -0.05) is 19.1 Å². The van der Waals surface area contributed by atoms with Crippen LogP contribution in [0.5, 0.6) is 5.75 Å². The lowest BCUT2D eigenvalue weighted by Crippen LogP contribution is -2.39. The minimum Gasteiger partial charge on any atom is -0.494 e. The van der Waals surface area contributed by atoms with E-state index in [2.05, 4.69) is 12.2 Å². The SMILES string of the molecule is CCCOc1ccc(C(C)(O)C2CCNCC2)cc1. The van der Waals surface area contributed by atoms with Crippen molar-refractivity contribution in [3.05, 3.63) is 29.8 Å². The molecule has 19 heavy (non-hydrogen) atoms. The highest BCUT2D eigenvalue weighted by Crippen LogP contribution is 2.35. The molecular formula is C16H25NO2. The standard InChI is InChI=1S/C16H25NO2/c1-3-12-19-15-6-4-13(5-7-15)16(2,18)14-8-10-17-11-9-14/h4-7,14,17-18H,3,8-12H2,1-2H3. The van der Waals surface area contributed by atoms with Gasteiger partial charge >= 0.3 is 0 Å². The highest BCUT2D eigenvalue weighted by atomic mass is 16.5. The lowest BCUT2D eigenvalue weighted by atomic mass is 9.78. The Balaban J connectivity index is 2.06. The van der Waals surface area contributed by atoms with Gasteiger partial charge in [0.1, 0.15) is 5.75 Å². The third kappa shape index (κ3) is 3.48. The second kappa shape index (κ2) is 6.40. The summed E-state index contributed by atoms with van der Waals surface area (Å²) >= 11 is 0. The Labute approximate surface area is 116 Å². The summed E-state index contributed by atoms with van der Waals surface area (Å²) in [5, 5.41) is 14.1. The molecule has 2 N–H and O–H groups in total. The van der Waals surface area contributed by atoms with E-state index in [1.54, 1.807) is 0 Å². The monoisotopic (exact) mass is 263 g/mol. The van der Waals surface area contributed by atoms with Gasteiger partial charge in [0.25, 0.3) is 0 Å². The van der Waals surface area contributed by atoms with Crippen molar-refractivity contribution in [3.8, 4) is 5.75 Å². The van der Waals surface area contributed by atoms with Crippen molar-refractivity contribution in [1.82, 2.24) is 5.32 Å². The number of ether oxygens (including phenoxy) is 1. The van der Waals surface area contributed by atoms with Crippen LogP contribution in [-0.2, 0) is 5.60 Å². The van der Waals surface area contributed by atoms with Crippen molar-refractivity contribution in [3.63, 3.8) is 0 Å². The third-order valence-corrected chi connectivity index (χ3v) is 4.05. The van der Waals surface area contributed by atoms with Crippen molar-refractivity contribution in [2.75, 3.05) is 19.7 Å². The van der Waals surface area contributed by atoms with Crippen LogP contribution in [0.4, 0.5) is 0 Å². The summed E-state index contributed by atoms with van der Waals surface area (Å²) in [5.41, 5.74) is 0.244. The average molecular weight is 263 g/mol. The van der Waals surface area contributed by atoms with Gasteiger partial charge in [-0.15, -0.1) is 0 Å². The van der Waals surface area contributed by atoms with Crippen LogP contribution in [0.2, 0.25) is 0 Å². The summed E-state index contributed by atoms with van der Waals surface area (Å²) in [6.45, 7) is 6.77. The summed E-state index contributed by atoms with van der Waals surface area (Å²) < 4.78 is 5.58. The van der Waals surface area contributed by atoms with Gasteiger partial charge in [0.2, 0.25) is 0 Å². The normalized spacial score (nSPS) is 19.9. The second-order valence-corrected chi connectivity index (χ2v) is 5.54. The van der Waals surface area contributed by atoms with Crippen LogP contribution in [-0.4, -0.2) is 24.8 Å². The Hall–Kier alpha value is -1.06. The van der Waals surface area contributed by atoms with Gasteiger partial charge in [-0.2, -0.15) is 0 Å². The quantitative estimate of drug-likeness (QED) is 0.858. The van der Waals surface area contributed by atoms with E-state index in [4.69, 9.17) is 4.74 Å². The number of hydrogen-bond acceptors (Lipinski definition) is 3. The van der Waals surface area contributed by atoms with Gasteiger partial charge in [0.05, 0.1) is 12.2 Å². The fourth-order valence-corrected chi connectivity index (χ4v) is 2.73. The molecule has 1 aromatic carbocycles. The van der Waals surface area contributed by atoms with Crippen LogP contribution in [0.1, 0.15) is 38.7 Å². The molecule has 0 saturated carbocycles. The first-order chi connectivity index (χ1) is 9.14. The van der Waals surface area contributed by atoms with E-state index in [1.807, 2.05) is 31.2 Å². The Bertz CT molecular complexity index is 380. The lowest BCUT2D eigenvalue weighted by Gasteiger charge is -2.36. The second-order valence-electron chi connectivity index (χ2n) is 5.54. The highest BCUT2D eigenvalue weighted by Gasteiger charge is 2.34. The number of piperidine rings is 1. The predicted molar refractivity (Wildman–Crippen MR) is 77.4 cm³/mol. The topological polar surface area (TPSA) is 41.5 Å². The molecule has 106 valence electrons. The molecule has 0 spiro atoms. The van der Waals surface area contributed by atoms with E-state index in [0.29, 0.717) is 5.92 Å². The molecule has 0 aromatic heterocycles. The number of aliphatic hydroxyl groups is 1. The summed E-state index contributed by atoms with van der Waals surface area (Å²) in [5.74, 6) is 1.21. The molecule has 3 nitrogen and oxygen atoms in total. The van der Waals surface area contributed by atoms with Crippen LogP contribution in [0, 0.1) is 5.92 Å². The molecule has 0 aliphatic carbocycles. The molecule has 3 heteroatoms. The molecule has 1 heterocycles. The lowest BCUT2D eigenvalue weighted by molar-refractivity contribution is -0.0186. The number of rotatable bonds is 5. The first-order valence-corrected chi connectivity index (χ1v) is 7.31. The molecule has 1 unspecified atom stereocenters. The van der Waals surface area contributed by atoms with Crippen molar-refractivity contribution in [2.45, 2.75) is 38.7 Å². The molecule has 1 aliphatic rings. The Kier molecular flexibility index (Phi) is 4.83. The highest BCUT2D eigenvalue weighted by molar-refractivity contribution is 5.31. The minimum absolute atomic E-state index is 0.330. The van der Waals surface area contributed by atoms with E-state index < -0.39 is 5.60 Å². The zero-order valence-corrected chi connectivity index (χ0v) is 12.0. The maximum atomic E-state index is 10.8. The molecule has 0 amide bonds. The molecule has 1 saturated heterocycles. The largest absolute Gasteiger partial charge is 0.494 e. The van der Waals surface area contributed by atoms with Crippen LogP contribution < -0.4 is 10.1 Å². The van der Waals surface area contributed by atoms with Crippen LogP contribution in [0.15, 0.2) is 24.3 Å². The maximum Gasteiger partial charge on any atom is 0.119 e. The minimum atomic E-state index is -0.745. The van der Waals surface area contributed by atoms with Crippen LogP contribution >= 0.6 is 0 Å². The van der Waals surface area contributed by atoms with Crippen molar-refractivity contribution >= 4 is 0 Å². The molecule has 2 rings (SSSR count). The maximum absolute atomic E-state index is 10.8. The van der Waals surface area contributed by atoms with Gasteiger partial charge < -0.3 is 15.2 Å². The van der Waals surface area contributed by atoms with Gasteiger partial charge in [0.15, 0.2) is 0 Å². The molecule has 1 aliphatic heterocycles. The van der Waals surface area contributed by atoms with Crippen molar-refractivity contribution < 1.29 is 9.84 Å². The first kappa shape index (κ1) is 14.4. The molecule has 0 bridgehead atoms. The summed E-state index contributed by atoms with van der Waals surface area (Å²) in [7, 11) is 0. The first-order valence-electron chi connectivity index (χ1n) is 7.31. The van der Waals surface area contributed by atoms with E-state index >= 15 is 0 Å². The Morgan fingerprint density at radius 1 is 1.26 bits per heavy atom. The molecule has 1 fully saturated rings. The Morgan fingerprint density at radius 2 is 1.89 bits per heavy atom. The summed E-state index contributed by atoms with van der Waals surface area (Å²) in [6, 6.07) is 7.90. The smallest absolute Gasteiger partial charge is 0.119 e. The molecular weight excluding hydrogens is 238 g/mol. The molecule has 0 radical (unpaired) electrons. The fourth-order valence-electron chi connectivity index (χ4n) is 2.73. The number of hydrogen-bond donors (Lipinski definition) is 2. The van der Waals surface area contributed by atoms with Crippen LogP contribution in [0.3, 0.4) is 0 Å². The summed E-state index contributed by atoms with van der Waals surface area (Å²) in [6.07, 6.45) is 3.07. The van der Waals surface area contributed by atoms with E-state index in [-0.39, 0.29) is 0 Å². The Morgan fingerprint density at radius 3 is 2.47 bits per heavy atom. The predicted octanol–water partition coefficient (Wildman–Crippen LogP) is 2.68. The average Bonchev–Trinajstić information content (AvgIpc) is 2.46. The van der Waals surface area contributed by atoms with Gasteiger partial charge in [-0.25, -0.2) is 0 Å². The number of benzene rings is 1. The zero-order chi connectivity index (χ0) is 13.7. The fraction of sp³-hybridized carbons (Fsp3) is 0.625. The van der Waals surface area contributed by atoms with Crippen molar-refractivity contribution in [1.29, 1.82) is 0 Å². The summed E-state index contributed by atoms with van der Waals surface area (Å²) in [4.78, 5) is 0. The van der Waals surface area contributed by atoms with E-state index in [0.717, 1.165) is 50.3 Å². The van der Waals surface area contributed by atoms with Crippen molar-refractivity contribution in [2.24, 2.45) is 5.92 Å². The van der Waals surface area contributed by atoms with Gasteiger partial charge in [-0.3, -0.25) is 0 Å². The third-order valence-electron chi connectivity index (χ3n) is 4.05. The van der Waals surface area contributed by atoms with Gasteiger partial charge in [-0.05, 0) is 62.9 Å². The van der Waals surface area contributed by atoms with E-state index in [9.17, 15) is 5.11 Å². The number of nitrogens with one attached hydrogen (secondary N) is 1. The van der Waals surface area contributed by atoms with E-state index in [1.165, 1.54) is 0 Å². The van der Waals surface area contributed by atoms with Gasteiger partial charge in [0, 0.05) is 0 Å².